The number of rotatable bonds is 6. The number of esters is 1. The van der Waals surface area contributed by atoms with E-state index in [1.54, 1.807) is 51.1 Å². The van der Waals surface area contributed by atoms with Crippen LogP contribution in [0.2, 0.25) is 0 Å². The van der Waals surface area contributed by atoms with E-state index < -0.39 is 23.8 Å². The molecule has 0 aliphatic heterocycles. The number of nitrogens with one attached hydrogen (secondary N) is 1. The highest BCUT2D eigenvalue weighted by Gasteiger charge is 2.23. The predicted molar refractivity (Wildman–Crippen MR) is 128 cm³/mol. The lowest BCUT2D eigenvalue weighted by Crippen LogP contribution is -2.29. The summed E-state index contributed by atoms with van der Waals surface area (Å²) in [6.07, 6.45) is -0.278. The van der Waals surface area contributed by atoms with E-state index >= 15 is 0 Å². The number of fused-ring (bicyclic) bond motifs is 1. The number of aromatic nitrogens is 2. The summed E-state index contributed by atoms with van der Waals surface area (Å²) in [6.45, 7) is 5.22. The Morgan fingerprint density at radius 2 is 1.77 bits per heavy atom. The monoisotopic (exact) mass is 481 g/mol. The summed E-state index contributed by atoms with van der Waals surface area (Å²) in [6, 6.07) is 14.0. The fourth-order valence-corrected chi connectivity index (χ4v) is 3.06. The van der Waals surface area contributed by atoms with E-state index in [2.05, 4.69) is 10.4 Å². The van der Waals surface area contributed by atoms with E-state index in [1.807, 2.05) is 18.2 Å². The van der Waals surface area contributed by atoms with E-state index in [-0.39, 0.29) is 18.0 Å². The van der Waals surface area contributed by atoms with Crippen molar-refractivity contribution in [3.05, 3.63) is 65.5 Å². The van der Waals surface area contributed by atoms with Gasteiger partial charge in [-0.05, 0) is 50.6 Å². The van der Waals surface area contributed by atoms with Gasteiger partial charge < -0.3 is 18.9 Å². The number of hydrogen-bond acceptors (Lipinski definition) is 8. The number of nitrogens with zero attached hydrogens (tertiary/aromatic N) is 2. The van der Waals surface area contributed by atoms with E-state index in [0.29, 0.717) is 16.7 Å². The van der Waals surface area contributed by atoms with Gasteiger partial charge in [-0.2, -0.15) is 9.78 Å². The standard InChI is InChI=1S/C25H27N3O7/c1-25(2,3)35-24(31)28-21-12-11-17(32-4)13-18(21)19(27-28)14-20(22(29)33-5)26-23(30)34-15-16-9-7-6-8-10-16/h6-14H,15H2,1-5H3,(H,26,30)/b20-14-. The molecule has 0 aliphatic rings. The van der Waals surface area contributed by atoms with Gasteiger partial charge in [-0.1, -0.05) is 30.3 Å². The maximum atomic E-state index is 12.8. The van der Waals surface area contributed by atoms with Crippen LogP contribution in [0.3, 0.4) is 0 Å². The van der Waals surface area contributed by atoms with Gasteiger partial charge in [0.25, 0.3) is 0 Å². The summed E-state index contributed by atoms with van der Waals surface area (Å²) in [7, 11) is 2.67. The zero-order chi connectivity index (χ0) is 25.6. The van der Waals surface area contributed by atoms with Gasteiger partial charge in [0.2, 0.25) is 0 Å². The van der Waals surface area contributed by atoms with Crippen LogP contribution in [0.4, 0.5) is 9.59 Å². The molecule has 0 atom stereocenters. The van der Waals surface area contributed by atoms with Gasteiger partial charge in [-0.3, -0.25) is 5.32 Å². The number of ether oxygens (including phenoxy) is 4. The minimum atomic E-state index is -0.862. The second kappa shape index (κ2) is 10.7. The molecule has 0 aliphatic carbocycles. The second-order valence-electron chi connectivity index (χ2n) is 8.40. The molecule has 1 N–H and O–H groups in total. The fraction of sp³-hybridized carbons (Fsp3) is 0.280. The summed E-state index contributed by atoms with van der Waals surface area (Å²) in [5.41, 5.74) is 0.416. The third kappa shape index (κ3) is 6.59. The van der Waals surface area contributed by atoms with Crippen LogP contribution in [0.15, 0.2) is 54.2 Å². The van der Waals surface area contributed by atoms with Crippen molar-refractivity contribution in [1.82, 2.24) is 15.1 Å². The molecule has 10 nitrogen and oxygen atoms in total. The molecule has 1 amide bonds. The quantitative estimate of drug-likeness (QED) is 0.315. The number of hydrogen-bond donors (Lipinski definition) is 1. The first kappa shape index (κ1) is 25.3. The molecule has 0 fully saturated rings. The molecular weight excluding hydrogens is 454 g/mol. The highest BCUT2D eigenvalue weighted by atomic mass is 16.6. The molecule has 0 saturated heterocycles. The first-order valence-corrected chi connectivity index (χ1v) is 10.7. The highest BCUT2D eigenvalue weighted by Crippen LogP contribution is 2.26. The van der Waals surface area contributed by atoms with Gasteiger partial charge in [0, 0.05) is 5.39 Å². The summed E-state index contributed by atoms with van der Waals surface area (Å²) in [5.74, 6) is -0.324. The topological polar surface area (TPSA) is 118 Å². The van der Waals surface area contributed by atoms with Crippen LogP contribution in [0, 0.1) is 0 Å². The number of carbonyl (C=O) groups excluding carboxylic acids is 3. The average Bonchev–Trinajstić information content (AvgIpc) is 3.19. The molecule has 184 valence electrons. The summed E-state index contributed by atoms with van der Waals surface area (Å²) < 4.78 is 21.8. The molecule has 10 heteroatoms. The van der Waals surface area contributed by atoms with Crippen LogP contribution in [0.5, 0.6) is 5.75 Å². The van der Waals surface area contributed by atoms with Crippen LogP contribution in [0.1, 0.15) is 32.0 Å². The van der Waals surface area contributed by atoms with E-state index in [9.17, 15) is 14.4 Å². The van der Waals surface area contributed by atoms with E-state index in [1.165, 1.54) is 20.3 Å². The molecule has 1 aromatic heterocycles. The number of alkyl carbamates (subject to hydrolysis) is 1. The minimum absolute atomic E-state index is 0.00846. The van der Waals surface area contributed by atoms with Crippen molar-refractivity contribution < 1.29 is 33.3 Å². The van der Waals surface area contributed by atoms with Crippen molar-refractivity contribution in [2.45, 2.75) is 33.0 Å². The van der Waals surface area contributed by atoms with Gasteiger partial charge in [0.05, 0.1) is 25.4 Å². The number of amides is 1. The van der Waals surface area contributed by atoms with Crippen LogP contribution >= 0.6 is 0 Å². The number of carbonyl (C=O) groups is 3. The smallest absolute Gasteiger partial charge is 0.435 e. The molecule has 0 bridgehead atoms. The average molecular weight is 482 g/mol. The zero-order valence-corrected chi connectivity index (χ0v) is 20.2. The van der Waals surface area contributed by atoms with Crippen molar-refractivity contribution >= 4 is 35.1 Å². The molecule has 3 aromatic rings. The predicted octanol–water partition coefficient (Wildman–Crippen LogP) is 4.27. The van der Waals surface area contributed by atoms with Crippen LogP contribution < -0.4 is 10.1 Å². The van der Waals surface area contributed by atoms with E-state index in [4.69, 9.17) is 18.9 Å². The number of methoxy groups -OCH3 is 2. The molecule has 1 heterocycles. The summed E-state index contributed by atoms with van der Waals surface area (Å²) in [4.78, 5) is 37.5. The van der Waals surface area contributed by atoms with Gasteiger partial charge in [0.15, 0.2) is 0 Å². The third-order valence-corrected chi connectivity index (χ3v) is 4.62. The Bertz CT molecular complexity index is 1260. The first-order chi connectivity index (χ1) is 16.6. The van der Waals surface area contributed by atoms with Crippen LogP contribution in [-0.4, -0.2) is 47.8 Å². The third-order valence-electron chi connectivity index (χ3n) is 4.62. The largest absolute Gasteiger partial charge is 0.497 e. The maximum Gasteiger partial charge on any atom is 0.435 e. The zero-order valence-electron chi connectivity index (χ0n) is 20.2. The Morgan fingerprint density at radius 1 is 1.06 bits per heavy atom. The lowest BCUT2D eigenvalue weighted by molar-refractivity contribution is -0.136. The van der Waals surface area contributed by atoms with Gasteiger partial charge in [0.1, 0.15) is 23.7 Å². The first-order valence-electron chi connectivity index (χ1n) is 10.7. The Kier molecular flexibility index (Phi) is 7.75. The maximum absolute atomic E-state index is 12.8. The van der Waals surface area contributed by atoms with Crippen molar-refractivity contribution in [3.8, 4) is 5.75 Å². The molecule has 0 radical (unpaired) electrons. The lowest BCUT2D eigenvalue weighted by Gasteiger charge is -2.19. The molecule has 35 heavy (non-hydrogen) atoms. The van der Waals surface area contributed by atoms with Crippen molar-refractivity contribution in [2.24, 2.45) is 0 Å². The summed E-state index contributed by atoms with van der Waals surface area (Å²) >= 11 is 0. The van der Waals surface area contributed by atoms with Crippen LogP contribution in [-0.2, 0) is 25.6 Å². The number of benzene rings is 2. The summed E-state index contributed by atoms with van der Waals surface area (Å²) in [5, 5.41) is 7.18. The van der Waals surface area contributed by atoms with Gasteiger partial charge in [-0.25, -0.2) is 14.4 Å². The molecule has 3 rings (SSSR count). The van der Waals surface area contributed by atoms with E-state index in [0.717, 1.165) is 10.2 Å². The normalized spacial score (nSPS) is 11.6. The Labute approximate surface area is 202 Å². The molecule has 0 unspecified atom stereocenters. The molecule has 0 saturated carbocycles. The minimum Gasteiger partial charge on any atom is -0.497 e. The van der Waals surface area contributed by atoms with Crippen LogP contribution in [0.25, 0.3) is 17.0 Å². The molecule has 2 aromatic carbocycles. The Balaban J connectivity index is 1.96. The van der Waals surface area contributed by atoms with Gasteiger partial charge in [-0.15, -0.1) is 0 Å². The highest BCUT2D eigenvalue weighted by molar-refractivity contribution is 6.00. The van der Waals surface area contributed by atoms with Gasteiger partial charge >= 0.3 is 18.2 Å². The van der Waals surface area contributed by atoms with Crippen molar-refractivity contribution in [2.75, 3.05) is 14.2 Å². The lowest BCUT2D eigenvalue weighted by atomic mass is 10.1. The SMILES string of the molecule is COC(=O)/C(=C/c1nn(C(=O)OC(C)(C)C)c2ccc(OC)cc12)NC(=O)OCc1ccccc1. The van der Waals surface area contributed by atoms with Crippen molar-refractivity contribution in [3.63, 3.8) is 0 Å². The fourth-order valence-electron chi connectivity index (χ4n) is 3.06. The molecule has 0 spiro atoms. The molecular formula is C25H27N3O7. The Hall–Kier alpha value is -4.34. The second-order valence-corrected chi connectivity index (χ2v) is 8.40. The van der Waals surface area contributed by atoms with Crippen molar-refractivity contribution in [1.29, 1.82) is 0 Å². The Morgan fingerprint density at radius 3 is 2.40 bits per heavy atom.